The molecule has 0 aliphatic carbocycles. The fourth-order valence-corrected chi connectivity index (χ4v) is 1.85. The first-order valence-electron chi connectivity index (χ1n) is 5.47. The average molecular weight is 296 g/mol. The smallest absolute Gasteiger partial charge is 0.275 e. The third-order valence-corrected chi connectivity index (χ3v) is 3.22. The van der Waals surface area contributed by atoms with E-state index in [2.05, 4.69) is 10.3 Å². The van der Waals surface area contributed by atoms with Crippen LogP contribution >= 0.6 is 23.2 Å². The molecule has 2 rings (SSSR count). The molecule has 0 spiro atoms. The molecule has 2 aromatic rings. The number of rotatable bonds is 2. The summed E-state index contributed by atoms with van der Waals surface area (Å²) in [5, 5.41) is 3.48. The Labute approximate surface area is 120 Å². The number of hydrogen-bond acceptors (Lipinski definition) is 3. The van der Waals surface area contributed by atoms with Crippen LogP contribution in [-0.4, -0.2) is 10.9 Å². The molecule has 3 N–H and O–H groups in total. The van der Waals surface area contributed by atoms with E-state index in [1.165, 1.54) is 12.1 Å². The number of aryl methyl sites for hydroxylation is 1. The number of carbonyl (C=O) groups excluding carboxylic acids is 1. The van der Waals surface area contributed by atoms with Crippen molar-refractivity contribution in [1.82, 2.24) is 4.98 Å². The lowest BCUT2D eigenvalue weighted by Crippen LogP contribution is -2.15. The van der Waals surface area contributed by atoms with Gasteiger partial charge in [-0.1, -0.05) is 29.3 Å². The van der Waals surface area contributed by atoms with Gasteiger partial charge in [-0.25, -0.2) is 4.98 Å². The van der Waals surface area contributed by atoms with E-state index in [1.807, 2.05) is 13.0 Å². The van der Waals surface area contributed by atoms with Crippen LogP contribution in [0.15, 0.2) is 30.3 Å². The number of anilines is 2. The van der Waals surface area contributed by atoms with Crippen molar-refractivity contribution in [2.45, 2.75) is 6.92 Å². The van der Waals surface area contributed by atoms with Gasteiger partial charge in [-0.05, 0) is 36.8 Å². The summed E-state index contributed by atoms with van der Waals surface area (Å²) in [5.74, 6) is -0.200. The van der Waals surface area contributed by atoms with Crippen molar-refractivity contribution in [3.8, 4) is 0 Å². The van der Waals surface area contributed by atoms with E-state index in [1.54, 1.807) is 12.1 Å². The number of aromatic nitrogens is 1. The molecule has 0 aliphatic rings. The predicted octanol–water partition coefficient (Wildman–Crippen LogP) is 3.53. The Kier molecular flexibility index (Phi) is 3.93. The number of halogens is 2. The maximum Gasteiger partial charge on any atom is 0.275 e. The maximum absolute atomic E-state index is 12.0. The number of carbonyl (C=O) groups is 1. The molecule has 98 valence electrons. The lowest BCUT2D eigenvalue weighted by atomic mass is 10.2. The van der Waals surface area contributed by atoms with Crippen LogP contribution in [0.5, 0.6) is 0 Å². The van der Waals surface area contributed by atoms with Crippen molar-refractivity contribution in [2.24, 2.45) is 0 Å². The van der Waals surface area contributed by atoms with Crippen molar-refractivity contribution in [1.29, 1.82) is 0 Å². The first-order valence-corrected chi connectivity index (χ1v) is 6.22. The minimum atomic E-state index is -0.433. The van der Waals surface area contributed by atoms with Gasteiger partial charge in [0, 0.05) is 10.7 Å². The maximum atomic E-state index is 12.0. The summed E-state index contributed by atoms with van der Waals surface area (Å²) in [5.41, 5.74) is 7.11. The lowest BCUT2D eigenvalue weighted by Gasteiger charge is -2.08. The summed E-state index contributed by atoms with van der Waals surface area (Å²) in [6.45, 7) is 1.88. The van der Waals surface area contributed by atoms with Gasteiger partial charge in [0.2, 0.25) is 0 Å². The fraction of sp³-hybridized carbons (Fsp3) is 0.0769. The Hall–Kier alpha value is -1.78. The summed E-state index contributed by atoms with van der Waals surface area (Å²) >= 11 is 11.9. The van der Waals surface area contributed by atoms with Crippen molar-refractivity contribution in [3.63, 3.8) is 0 Å². The summed E-state index contributed by atoms with van der Waals surface area (Å²) in [6.07, 6.45) is 0. The van der Waals surface area contributed by atoms with E-state index in [9.17, 15) is 4.79 Å². The van der Waals surface area contributed by atoms with Gasteiger partial charge in [0.15, 0.2) is 0 Å². The van der Waals surface area contributed by atoms with Gasteiger partial charge in [-0.15, -0.1) is 0 Å². The van der Waals surface area contributed by atoms with Crippen molar-refractivity contribution >= 4 is 40.6 Å². The number of benzene rings is 1. The van der Waals surface area contributed by atoms with Gasteiger partial charge in [0.25, 0.3) is 5.91 Å². The topological polar surface area (TPSA) is 68.0 Å². The van der Waals surface area contributed by atoms with Crippen LogP contribution in [-0.2, 0) is 0 Å². The highest BCUT2D eigenvalue weighted by molar-refractivity contribution is 6.34. The van der Waals surface area contributed by atoms with Gasteiger partial charge in [0.1, 0.15) is 11.5 Å². The van der Waals surface area contributed by atoms with Crippen molar-refractivity contribution < 1.29 is 4.79 Å². The molecule has 0 bridgehead atoms. The zero-order valence-corrected chi connectivity index (χ0v) is 11.6. The second-order valence-electron chi connectivity index (χ2n) is 3.98. The molecule has 0 fully saturated rings. The molecule has 0 saturated heterocycles. The number of nitrogens with two attached hydrogens (primary N) is 1. The highest BCUT2D eigenvalue weighted by Gasteiger charge is 2.13. The highest BCUT2D eigenvalue weighted by Crippen LogP contribution is 2.21. The number of hydrogen-bond donors (Lipinski definition) is 2. The first kappa shape index (κ1) is 13.6. The van der Waals surface area contributed by atoms with E-state index >= 15 is 0 Å². The normalized spacial score (nSPS) is 10.3. The van der Waals surface area contributed by atoms with E-state index < -0.39 is 5.91 Å². The second kappa shape index (κ2) is 5.47. The SMILES string of the molecule is Cc1ccc(NC(=O)c2nc(N)ccc2Cl)cc1Cl. The molecule has 0 unspecified atom stereocenters. The molecule has 1 aromatic carbocycles. The van der Waals surface area contributed by atoms with Gasteiger partial charge >= 0.3 is 0 Å². The zero-order chi connectivity index (χ0) is 14.0. The summed E-state index contributed by atoms with van der Waals surface area (Å²) < 4.78 is 0. The number of pyridine rings is 1. The Morgan fingerprint density at radius 1 is 1.21 bits per heavy atom. The molecule has 0 saturated carbocycles. The fourth-order valence-electron chi connectivity index (χ4n) is 1.48. The van der Waals surface area contributed by atoms with Crippen LogP contribution in [0.1, 0.15) is 16.1 Å². The Morgan fingerprint density at radius 2 is 1.95 bits per heavy atom. The third kappa shape index (κ3) is 3.16. The molecule has 1 aromatic heterocycles. The third-order valence-electron chi connectivity index (χ3n) is 2.51. The van der Waals surface area contributed by atoms with E-state index in [4.69, 9.17) is 28.9 Å². The zero-order valence-electron chi connectivity index (χ0n) is 10.1. The van der Waals surface area contributed by atoms with E-state index in [0.29, 0.717) is 10.7 Å². The molecule has 19 heavy (non-hydrogen) atoms. The standard InChI is InChI=1S/C13H11Cl2N3O/c1-7-2-3-8(6-10(7)15)17-13(19)12-9(14)4-5-11(16)18-12/h2-6H,1H3,(H2,16,18)(H,17,19). The average Bonchev–Trinajstić information content (AvgIpc) is 2.36. The second-order valence-corrected chi connectivity index (χ2v) is 4.80. The monoisotopic (exact) mass is 295 g/mol. The minimum Gasteiger partial charge on any atom is -0.384 e. The molecule has 6 heteroatoms. The van der Waals surface area contributed by atoms with E-state index in [-0.39, 0.29) is 16.5 Å². The van der Waals surface area contributed by atoms with Crippen LogP contribution in [0.3, 0.4) is 0 Å². The van der Waals surface area contributed by atoms with Crippen molar-refractivity contribution in [2.75, 3.05) is 11.1 Å². The summed E-state index contributed by atoms with van der Waals surface area (Å²) in [4.78, 5) is 15.9. The number of nitrogen functional groups attached to an aromatic ring is 1. The van der Waals surface area contributed by atoms with Crippen LogP contribution in [0.2, 0.25) is 10.0 Å². The Morgan fingerprint density at radius 3 is 2.63 bits per heavy atom. The Balaban J connectivity index is 2.25. The van der Waals surface area contributed by atoms with Gasteiger partial charge in [-0.2, -0.15) is 0 Å². The predicted molar refractivity (Wildman–Crippen MR) is 77.8 cm³/mol. The van der Waals surface area contributed by atoms with Gasteiger partial charge < -0.3 is 11.1 Å². The minimum absolute atomic E-state index is 0.0818. The number of nitrogens with zero attached hydrogens (tertiary/aromatic N) is 1. The summed E-state index contributed by atoms with van der Waals surface area (Å²) in [6, 6.07) is 8.28. The summed E-state index contributed by atoms with van der Waals surface area (Å²) in [7, 11) is 0. The van der Waals surface area contributed by atoms with Crippen LogP contribution in [0.4, 0.5) is 11.5 Å². The molecule has 0 atom stereocenters. The largest absolute Gasteiger partial charge is 0.384 e. The first-order chi connectivity index (χ1) is 8.97. The molecule has 1 heterocycles. The van der Waals surface area contributed by atoms with Crippen molar-refractivity contribution in [3.05, 3.63) is 51.6 Å². The number of amides is 1. The number of nitrogens with one attached hydrogen (secondary N) is 1. The lowest BCUT2D eigenvalue weighted by molar-refractivity contribution is 0.102. The quantitative estimate of drug-likeness (QED) is 0.890. The van der Waals surface area contributed by atoms with E-state index in [0.717, 1.165) is 5.56 Å². The molecular formula is C13H11Cl2N3O. The van der Waals surface area contributed by atoms with Crippen LogP contribution in [0, 0.1) is 6.92 Å². The molecule has 4 nitrogen and oxygen atoms in total. The molecular weight excluding hydrogens is 285 g/mol. The molecule has 1 amide bonds. The Bertz CT molecular complexity index is 644. The van der Waals surface area contributed by atoms with Gasteiger partial charge in [-0.3, -0.25) is 4.79 Å². The van der Waals surface area contributed by atoms with Crippen LogP contribution in [0.25, 0.3) is 0 Å². The van der Waals surface area contributed by atoms with Crippen LogP contribution < -0.4 is 11.1 Å². The highest BCUT2D eigenvalue weighted by atomic mass is 35.5. The van der Waals surface area contributed by atoms with Gasteiger partial charge in [0.05, 0.1) is 5.02 Å². The molecule has 0 aliphatic heterocycles. The molecule has 0 radical (unpaired) electrons.